The highest BCUT2D eigenvalue weighted by Gasteiger charge is 2.28. The quantitative estimate of drug-likeness (QED) is 0.0502. The maximum atomic E-state index is 5.94. The van der Waals surface area contributed by atoms with Gasteiger partial charge in [-0.2, -0.15) is 0 Å². The second-order valence-corrected chi connectivity index (χ2v) is 14.7. The number of hydrogen-bond acceptors (Lipinski definition) is 2. The summed E-state index contributed by atoms with van der Waals surface area (Å²) in [6, 6.07) is 0. The molecule has 2 nitrogen and oxygen atoms in total. The van der Waals surface area contributed by atoms with Crippen molar-refractivity contribution in [2.45, 2.75) is 253 Å². The zero-order chi connectivity index (χ0) is 33.7. The molecule has 2 heteroatoms. The molecule has 45 heavy (non-hydrogen) atoms. The van der Waals surface area contributed by atoms with Gasteiger partial charge in [-0.15, -0.1) is 0 Å². The van der Waals surface area contributed by atoms with E-state index in [1.807, 2.05) is 28.1 Å². The highest BCUT2D eigenvalue weighted by Crippen LogP contribution is 2.28. The Morgan fingerprint density at radius 3 is 0.822 bits per heavy atom. The smallest absolute Gasteiger partial charge is 0.167 e. The molecule has 0 bridgehead atoms. The van der Waals surface area contributed by atoms with E-state index in [2.05, 4.69) is 27.7 Å². The molecule has 2 atom stereocenters. The van der Waals surface area contributed by atoms with Crippen LogP contribution in [0.15, 0.2) is 0 Å². The summed E-state index contributed by atoms with van der Waals surface area (Å²) >= 11 is 0. The molecule has 274 valence electrons. The Morgan fingerprint density at radius 1 is 0.356 bits per heavy atom. The molecular weight excluding hydrogens is 548 g/mol. The maximum Gasteiger partial charge on any atom is 0.167 e. The Morgan fingerprint density at radius 2 is 0.578 bits per heavy atom. The van der Waals surface area contributed by atoms with Gasteiger partial charge < -0.3 is 9.47 Å². The summed E-state index contributed by atoms with van der Waals surface area (Å²) < 4.78 is 11.9. The van der Waals surface area contributed by atoms with Gasteiger partial charge in [0, 0.05) is 27.1 Å². The van der Waals surface area contributed by atoms with E-state index in [0.717, 1.165) is 24.7 Å². The fourth-order valence-electron chi connectivity index (χ4n) is 6.99. The minimum absolute atomic E-state index is 0.350. The lowest BCUT2D eigenvalue weighted by Gasteiger charge is -2.31. The van der Waals surface area contributed by atoms with Crippen LogP contribution in [0.5, 0.6) is 0 Å². The predicted molar refractivity (Wildman–Crippen MR) is 206 cm³/mol. The molecule has 0 aliphatic carbocycles. The minimum Gasteiger partial charge on any atom is -0.353 e. The summed E-state index contributed by atoms with van der Waals surface area (Å²) in [5.41, 5.74) is 0. The summed E-state index contributed by atoms with van der Waals surface area (Å²) in [7, 11) is 3.70. The third-order valence-electron chi connectivity index (χ3n) is 10.4. The van der Waals surface area contributed by atoms with Gasteiger partial charge in [-0.25, -0.2) is 0 Å². The molecule has 0 rings (SSSR count). The molecule has 0 aliphatic rings. The van der Waals surface area contributed by atoms with E-state index < -0.39 is 0 Å². The lowest BCUT2D eigenvalue weighted by molar-refractivity contribution is -0.216. The van der Waals surface area contributed by atoms with Crippen LogP contribution in [0.25, 0.3) is 0 Å². The fraction of sp³-hybridized carbons (Fsp3) is 1.00. The Kier molecular flexibility index (Phi) is 40.1. The first kappa shape index (κ1) is 47.0. The van der Waals surface area contributed by atoms with Gasteiger partial charge in [-0.1, -0.05) is 221 Å². The third-order valence-corrected chi connectivity index (χ3v) is 10.4. The Labute approximate surface area is 287 Å². The minimum atomic E-state index is -0.350. The number of rotatable bonds is 36. The molecule has 0 N–H and O–H groups in total. The number of ether oxygens (including phenoxy) is 2. The van der Waals surface area contributed by atoms with E-state index >= 15 is 0 Å². The van der Waals surface area contributed by atoms with E-state index in [4.69, 9.17) is 9.47 Å². The van der Waals surface area contributed by atoms with Crippen LogP contribution in [0.2, 0.25) is 0 Å². The normalized spacial score (nSPS) is 13.1. The number of hydrogen-bond donors (Lipinski definition) is 0. The Bertz CT molecular complexity index is 472. The van der Waals surface area contributed by atoms with Crippen LogP contribution in [0.1, 0.15) is 247 Å². The summed E-state index contributed by atoms with van der Waals surface area (Å²) in [4.78, 5) is 0. The van der Waals surface area contributed by atoms with Crippen molar-refractivity contribution in [2.24, 2.45) is 11.8 Å². The van der Waals surface area contributed by atoms with E-state index in [0.29, 0.717) is 0 Å². The van der Waals surface area contributed by atoms with Crippen LogP contribution in [0, 0.1) is 11.8 Å². The molecule has 0 fully saturated rings. The van der Waals surface area contributed by atoms with Gasteiger partial charge in [0.15, 0.2) is 5.79 Å². The van der Waals surface area contributed by atoms with Gasteiger partial charge in [0.25, 0.3) is 0 Å². The molecule has 0 aromatic heterocycles. The van der Waals surface area contributed by atoms with Gasteiger partial charge in [0.1, 0.15) is 0 Å². The maximum absolute atomic E-state index is 5.94. The first-order valence-electron chi connectivity index (χ1n) is 21.1. The molecule has 0 aliphatic heterocycles. The van der Waals surface area contributed by atoms with Gasteiger partial charge in [-0.3, -0.25) is 0 Å². The van der Waals surface area contributed by atoms with Crippen molar-refractivity contribution in [1.29, 1.82) is 0 Å². The first-order valence-corrected chi connectivity index (χ1v) is 21.1. The molecule has 2 unspecified atom stereocenters. The van der Waals surface area contributed by atoms with Gasteiger partial charge in [0.2, 0.25) is 0 Å². The van der Waals surface area contributed by atoms with Crippen LogP contribution in [0.4, 0.5) is 0 Å². The monoisotopic (exact) mass is 639 g/mol. The average Bonchev–Trinajstić information content (AvgIpc) is 3.06. The van der Waals surface area contributed by atoms with Crippen molar-refractivity contribution in [2.75, 3.05) is 14.2 Å². The SMILES string of the molecule is CC.CCCCCCCCCC(C)CCCCCCCCC(CCCCCCCCC(C)CCCCCCCCC)(OC)OC. The lowest BCUT2D eigenvalue weighted by atomic mass is 9.95. The highest BCUT2D eigenvalue weighted by molar-refractivity contribution is 4.70. The molecule has 0 saturated carbocycles. The van der Waals surface area contributed by atoms with Crippen molar-refractivity contribution in [1.82, 2.24) is 0 Å². The Hall–Kier alpha value is -0.0800. The summed E-state index contributed by atoms with van der Waals surface area (Å²) in [5, 5.41) is 0. The average molecular weight is 639 g/mol. The standard InChI is InChI=1S/C41H84O2.C2H6/c1-7-9-11-13-15-21-27-33-39(3)35-29-23-17-19-25-31-37-41(42-5,43-6)38-32-26-20-18-24-30-36-40(4)34-28-22-16-14-12-10-8-2;1-2/h39-40H,7-38H2,1-6H3;1-2H3. The largest absolute Gasteiger partial charge is 0.353 e. The molecule has 0 saturated heterocycles. The van der Waals surface area contributed by atoms with Crippen LogP contribution in [0.3, 0.4) is 0 Å². The van der Waals surface area contributed by atoms with Crippen LogP contribution in [-0.2, 0) is 9.47 Å². The lowest BCUT2D eigenvalue weighted by Crippen LogP contribution is -2.33. The molecule has 0 aromatic carbocycles. The van der Waals surface area contributed by atoms with E-state index in [1.165, 1.54) is 193 Å². The third kappa shape index (κ3) is 33.6. The van der Waals surface area contributed by atoms with Crippen molar-refractivity contribution in [3.63, 3.8) is 0 Å². The second kappa shape index (κ2) is 38.4. The molecule has 0 spiro atoms. The number of methoxy groups -OCH3 is 2. The molecule has 0 heterocycles. The number of unbranched alkanes of at least 4 members (excludes halogenated alkanes) is 22. The van der Waals surface area contributed by atoms with Gasteiger partial charge in [0.05, 0.1) is 0 Å². The molecule has 0 amide bonds. The topological polar surface area (TPSA) is 18.5 Å². The first-order chi connectivity index (χ1) is 22.0. The highest BCUT2D eigenvalue weighted by atomic mass is 16.7. The van der Waals surface area contributed by atoms with E-state index in [9.17, 15) is 0 Å². The fourth-order valence-corrected chi connectivity index (χ4v) is 6.99. The van der Waals surface area contributed by atoms with Crippen molar-refractivity contribution in [3.05, 3.63) is 0 Å². The van der Waals surface area contributed by atoms with Gasteiger partial charge in [-0.05, 0) is 24.7 Å². The van der Waals surface area contributed by atoms with Crippen molar-refractivity contribution in [3.8, 4) is 0 Å². The van der Waals surface area contributed by atoms with E-state index in [1.54, 1.807) is 0 Å². The molecule has 0 aromatic rings. The summed E-state index contributed by atoms with van der Waals surface area (Å²) in [6.45, 7) is 13.6. The van der Waals surface area contributed by atoms with Crippen molar-refractivity contribution < 1.29 is 9.47 Å². The van der Waals surface area contributed by atoms with Gasteiger partial charge >= 0.3 is 0 Å². The summed E-state index contributed by atoms with van der Waals surface area (Å²) in [6.07, 6.45) is 44.3. The van der Waals surface area contributed by atoms with Crippen LogP contribution >= 0.6 is 0 Å². The van der Waals surface area contributed by atoms with E-state index in [-0.39, 0.29) is 5.79 Å². The zero-order valence-electron chi connectivity index (χ0n) is 33.1. The second-order valence-electron chi connectivity index (χ2n) is 14.7. The summed E-state index contributed by atoms with van der Waals surface area (Å²) in [5.74, 6) is 1.50. The zero-order valence-corrected chi connectivity index (χ0v) is 33.1. The van der Waals surface area contributed by atoms with Crippen molar-refractivity contribution >= 4 is 0 Å². The Balaban J connectivity index is 0. The molecule has 0 radical (unpaired) electrons. The van der Waals surface area contributed by atoms with Crippen LogP contribution < -0.4 is 0 Å². The predicted octanol–water partition coefficient (Wildman–Crippen LogP) is 15.8. The van der Waals surface area contributed by atoms with Crippen LogP contribution in [-0.4, -0.2) is 20.0 Å². The molecular formula is C43H90O2.